The molecule has 18 heavy (non-hydrogen) atoms. The Morgan fingerprint density at radius 1 is 1.33 bits per heavy atom. The van der Waals surface area contributed by atoms with Gasteiger partial charge in [-0.2, -0.15) is 0 Å². The van der Waals surface area contributed by atoms with Gasteiger partial charge in [0.15, 0.2) is 5.76 Å². The van der Waals surface area contributed by atoms with Gasteiger partial charge in [-0.05, 0) is 18.1 Å². The minimum absolute atomic E-state index is 0.0977. The molecule has 0 aliphatic heterocycles. The summed E-state index contributed by atoms with van der Waals surface area (Å²) in [6.45, 7) is 1.72. The van der Waals surface area contributed by atoms with Crippen molar-refractivity contribution in [3.63, 3.8) is 0 Å². The number of primary amides is 1. The molecule has 0 aliphatic rings. The molecular formula is C11H15N3O4. The van der Waals surface area contributed by atoms with E-state index in [9.17, 15) is 14.4 Å². The molecular weight excluding hydrogens is 238 g/mol. The zero-order valence-electron chi connectivity index (χ0n) is 9.93. The summed E-state index contributed by atoms with van der Waals surface area (Å²) in [5.41, 5.74) is 9.42. The van der Waals surface area contributed by atoms with Gasteiger partial charge in [0.1, 0.15) is 0 Å². The number of furan rings is 1. The van der Waals surface area contributed by atoms with Crippen LogP contribution in [0.4, 0.5) is 0 Å². The molecule has 1 heterocycles. The van der Waals surface area contributed by atoms with Gasteiger partial charge >= 0.3 is 5.91 Å². The molecule has 1 aromatic rings. The van der Waals surface area contributed by atoms with E-state index in [-0.39, 0.29) is 24.5 Å². The molecule has 0 bridgehead atoms. The number of nitrogens with two attached hydrogens (primary N) is 1. The first-order chi connectivity index (χ1) is 8.49. The first-order valence-electron chi connectivity index (χ1n) is 5.40. The van der Waals surface area contributed by atoms with Crippen LogP contribution in [0.5, 0.6) is 0 Å². The number of hydrazine groups is 1. The van der Waals surface area contributed by atoms with Crippen LogP contribution in [-0.2, 0) is 9.59 Å². The average molecular weight is 253 g/mol. The Balaban J connectivity index is 2.29. The van der Waals surface area contributed by atoms with Crippen molar-refractivity contribution in [2.75, 3.05) is 0 Å². The second kappa shape index (κ2) is 6.43. The van der Waals surface area contributed by atoms with E-state index in [4.69, 9.17) is 10.2 Å². The molecule has 0 aromatic carbocycles. The fourth-order valence-corrected chi connectivity index (χ4v) is 1.38. The van der Waals surface area contributed by atoms with Gasteiger partial charge in [-0.3, -0.25) is 25.2 Å². The molecule has 0 radical (unpaired) electrons. The van der Waals surface area contributed by atoms with Crippen molar-refractivity contribution >= 4 is 17.7 Å². The number of hydrogen-bond acceptors (Lipinski definition) is 4. The second-order valence-corrected chi connectivity index (χ2v) is 3.96. The lowest BCUT2D eigenvalue weighted by molar-refractivity contribution is -0.123. The molecule has 1 atom stereocenters. The fourth-order valence-electron chi connectivity index (χ4n) is 1.38. The summed E-state index contributed by atoms with van der Waals surface area (Å²) in [4.78, 5) is 33.4. The number of carbonyl (C=O) groups excluding carboxylic acids is 3. The lowest BCUT2D eigenvalue weighted by Gasteiger charge is -2.09. The van der Waals surface area contributed by atoms with E-state index in [1.165, 1.54) is 12.3 Å². The Morgan fingerprint density at radius 3 is 2.61 bits per heavy atom. The molecule has 0 spiro atoms. The third kappa shape index (κ3) is 4.69. The van der Waals surface area contributed by atoms with Crippen molar-refractivity contribution < 1.29 is 18.8 Å². The maximum Gasteiger partial charge on any atom is 0.305 e. The van der Waals surface area contributed by atoms with Crippen molar-refractivity contribution in [2.24, 2.45) is 11.7 Å². The SMILES string of the molecule is C[C@H](CC(N)=O)CC(=O)NNC(=O)c1ccco1. The molecule has 7 heteroatoms. The van der Waals surface area contributed by atoms with E-state index in [2.05, 4.69) is 10.9 Å². The number of carbonyl (C=O) groups is 3. The van der Waals surface area contributed by atoms with E-state index < -0.39 is 17.7 Å². The lowest BCUT2D eigenvalue weighted by atomic mass is 10.0. The summed E-state index contributed by atoms with van der Waals surface area (Å²) in [5, 5.41) is 0. The molecule has 0 saturated carbocycles. The molecule has 4 N–H and O–H groups in total. The van der Waals surface area contributed by atoms with Crippen molar-refractivity contribution in [1.82, 2.24) is 10.9 Å². The van der Waals surface area contributed by atoms with Crippen LogP contribution in [0, 0.1) is 5.92 Å². The molecule has 7 nitrogen and oxygen atoms in total. The molecule has 3 amide bonds. The smallest absolute Gasteiger partial charge is 0.305 e. The molecule has 0 aliphatic carbocycles. The summed E-state index contributed by atoms with van der Waals surface area (Å²) in [7, 11) is 0. The first kappa shape index (κ1) is 13.8. The number of nitrogens with one attached hydrogen (secondary N) is 2. The van der Waals surface area contributed by atoms with Gasteiger partial charge in [-0.1, -0.05) is 6.92 Å². The normalized spacial score (nSPS) is 11.6. The third-order valence-electron chi connectivity index (χ3n) is 2.14. The zero-order valence-corrected chi connectivity index (χ0v) is 9.93. The van der Waals surface area contributed by atoms with Gasteiger partial charge in [0.25, 0.3) is 0 Å². The maximum atomic E-state index is 11.4. The monoisotopic (exact) mass is 253 g/mol. The van der Waals surface area contributed by atoms with E-state index in [0.29, 0.717) is 0 Å². The predicted molar refractivity (Wildman–Crippen MR) is 61.9 cm³/mol. The Bertz CT molecular complexity index is 428. The van der Waals surface area contributed by atoms with Crippen LogP contribution in [-0.4, -0.2) is 17.7 Å². The molecule has 0 saturated heterocycles. The van der Waals surface area contributed by atoms with Crippen LogP contribution >= 0.6 is 0 Å². The van der Waals surface area contributed by atoms with E-state index in [1.54, 1.807) is 13.0 Å². The van der Waals surface area contributed by atoms with Crippen molar-refractivity contribution in [1.29, 1.82) is 0 Å². The minimum atomic E-state index is -0.545. The minimum Gasteiger partial charge on any atom is -0.459 e. The highest BCUT2D eigenvalue weighted by molar-refractivity contribution is 5.92. The van der Waals surface area contributed by atoms with Gasteiger partial charge in [0.2, 0.25) is 11.8 Å². The van der Waals surface area contributed by atoms with Crippen molar-refractivity contribution in [2.45, 2.75) is 19.8 Å². The summed E-state index contributed by atoms with van der Waals surface area (Å²) in [6, 6.07) is 3.03. The molecule has 1 aromatic heterocycles. The Labute approximate surface area is 104 Å². The summed E-state index contributed by atoms with van der Waals surface area (Å²) >= 11 is 0. The Kier molecular flexibility index (Phi) is 4.91. The quantitative estimate of drug-likeness (QED) is 0.638. The van der Waals surface area contributed by atoms with Crippen LogP contribution in [0.2, 0.25) is 0 Å². The van der Waals surface area contributed by atoms with Crippen LogP contribution in [0.1, 0.15) is 30.3 Å². The van der Waals surface area contributed by atoms with Crippen LogP contribution in [0.25, 0.3) is 0 Å². The Hall–Kier alpha value is -2.31. The first-order valence-corrected chi connectivity index (χ1v) is 5.40. The predicted octanol–water partition coefficient (Wildman–Crippen LogP) is -0.0578. The molecule has 0 unspecified atom stereocenters. The lowest BCUT2D eigenvalue weighted by Crippen LogP contribution is -2.42. The van der Waals surface area contributed by atoms with Crippen molar-refractivity contribution in [3.8, 4) is 0 Å². The van der Waals surface area contributed by atoms with E-state index in [0.717, 1.165) is 0 Å². The van der Waals surface area contributed by atoms with Gasteiger partial charge in [0.05, 0.1) is 6.26 Å². The standard InChI is InChI=1S/C11H15N3O4/c1-7(5-9(12)15)6-10(16)13-14-11(17)8-3-2-4-18-8/h2-4,7H,5-6H2,1H3,(H2,12,15)(H,13,16)(H,14,17)/t7-/m1/s1. The number of amides is 3. The van der Waals surface area contributed by atoms with Gasteiger partial charge in [-0.15, -0.1) is 0 Å². The molecule has 98 valence electrons. The highest BCUT2D eigenvalue weighted by Crippen LogP contribution is 2.05. The van der Waals surface area contributed by atoms with Gasteiger partial charge in [0, 0.05) is 12.8 Å². The zero-order chi connectivity index (χ0) is 13.5. The highest BCUT2D eigenvalue weighted by atomic mass is 16.3. The van der Waals surface area contributed by atoms with Crippen LogP contribution < -0.4 is 16.6 Å². The van der Waals surface area contributed by atoms with Gasteiger partial charge < -0.3 is 10.2 Å². The van der Waals surface area contributed by atoms with Gasteiger partial charge in [-0.25, -0.2) is 0 Å². The van der Waals surface area contributed by atoms with E-state index in [1.807, 2.05) is 0 Å². The fraction of sp³-hybridized carbons (Fsp3) is 0.364. The topological polar surface area (TPSA) is 114 Å². The largest absolute Gasteiger partial charge is 0.459 e. The van der Waals surface area contributed by atoms with E-state index >= 15 is 0 Å². The average Bonchev–Trinajstić information content (AvgIpc) is 2.77. The van der Waals surface area contributed by atoms with Crippen LogP contribution in [0.15, 0.2) is 22.8 Å². The highest BCUT2D eigenvalue weighted by Gasteiger charge is 2.13. The number of hydrogen-bond donors (Lipinski definition) is 3. The maximum absolute atomic E-state index is 11.4. The summed E-state index contributed by atoms with van der Waals surface area (Å²) in [5.74, 6) is -1.49. The van der Waals surface area contributed by atoms with Crippen molar-refractivity contribution in [3.05, 3.63) is 24.2 Å². The molecule has 1 rings (SSSR count). The summed E-state index contributed by atoms with van der Waals surface area (Å²) < 4.78 is 4.84. The number of rotatable bonds is 5. The third-order valence-corrected chi connectivity index (χ3v) is 2.14. The Morgan fingerprint density at radius 2 is 2.06 bits per heavy atom. The molecule has 0 fully saturated rings. The summed E-state index contributed by atoms with van der Waals surface area (Å²) in [6.07, 6.45) is 1.58. The van der Waals surface area contributed by atoms with Crippen LogP contribution in [0.3, 0.4) is 0 Å². The second-order valence-electron chi connectivity index (χ2n) is 3.96.